The first-order chi connectivity index (χ1) is 9.47. The number of aromatic hydroxyl groups is 1. The number of pyridine rings is 1. The summed E-state index contributed by atoms with van der Waals surface area (Å²) in [4.78, 5) is 15.1. The van der Waals surface area contributed by atoms with Crippen LogP contribution in [0.2, 0.25) is 0 Å². The van der Waals surface area contributed by atoms with E-state index in [2.05, 4.69) is 10.3 Å². The lowest BCUT2D eigenvalue weighted by atomic mass is 10.1. The first kappa shape index (κ1) is 13.9. The average Bonchev–Trinajstić information content (AvgIpc) is 2.40. The molecule has 0 aliphatic carbocycles. The zero-order valence-corrected chi connectivity index (χ0v) is 11.3. The van der Waals surface area contributed by atoms with E-state index in [0.717, 1.165) is 16.9 Å². The van der Waals surface area contributed by atoms with Gasteiger partial charge in [-0.3, -0.25) is 4.98 Å². The van der Waals surface area contributed by atoms with E-state index < -0.39 is 5.97 Å². The second kappa shape index (κ2) is 5.61. The van der Waals surface area contributed by atoms with Crippen LogP contribution in [0, 0.1) is 13.8 Å². The highest BCUT2D eigenvalue weighted by molar-refractivity contribution is 5.88. The summed E-state index contributed by atoms with van der Waals surface area (Å²) in [5.74, 6) is -0.805. The topological polar surface area (TPSA) is 82.5 Å². The lowest BCUT2D eigenvalue weighted by Gasteiger charge is -2.11. The van der Waals surface area contributed by atoms with E-state index in [1.54, 1.807) is 30.3 Å². The van der Waals surface area contributed by atoms with E-state index in [9.17, 15) is 9.90 Å². The van der Waals surface area contributed by atoms with Gasteiger partial charge in [-0.05, 0) is 49.7 Å². The standard InChI is InChI=1S/C15H16N2O3/c1-9-7-11(15(19)20)4-5-12(9)16-8-13-14(18)6-3-10(2)17-13/h3-7,16,18H,8H2,1-2H3,(H,19,20). The molecule has 1 aromatic heterocycles. The molecule has 2 aromatic rings. The molecule has 1 heterocycles. The van der Waals surface area contributed by atoms with Crippen LogP contribution in [0.4, 0.5) is 5.69 Å². The fourth-order valence-electron chi connectivity index (χ4n) is 1.91. The molecule has 0 radical (unpaired) electrons. The van der Waals surface area contributed by atoms with E-state index >= 15 is 0 Å². The first-order valence-corrected chi connectivity index (χ1v) is 6.20. The highest BCUT2D eigenvalue weighted by atomic mass is 16.4. The maximum atomic E-state index is 10.9. The molecule has 0 unspecified atom stereocenters. The van der Waals surface area contributed by atoms with Gasteiger partial charge in [0.25, 0.3) is 0 Å². The number of benzene rings is 1. The maximum Gasteiger partial charge on any atom is 0.335 e. The highest BCUT2D eigenvalue weighted by Gasteiger charge is 2.07. The Kier molecular flexibility index (Phi) is 3.89. The van der Waals surface area contributed by atoms with Crippen molar-refractivity contribution >= 4 is 11.7 Å². The highest BCUT2D eigenvalue weighted by Crippen LogP contribution is 2.20. The molecule has 0 saturated carbocycles. The number of nitrogens with zero attached hydrogens (tertiary/aromatic N) is 1. The number of aromatic carboxylic acids is 1. The molecule has 0 amide bonds. The minimum Gasteiger partial charge on any atom is -0.506 e. The maximum absolute atomic E-state index is 10.9. The Bertz CT molecular complexity index is 654. The van der Waals surface area contributed by atoms with E-state index in [4.69, 9.17) is 5.11 Å². The van der Waals surface area contributed by atoms with Crippen molar-refractivity contribution in [3.8, 4) is 5.75 Å². The molecule has 1 aromatic carbocycles. The van der Waals surface area contributed by atoms with Gasteiger partial charge in [0.15, 0.2) is 0 Å². The van der Waals surface area contributed by atoms with E-state index in [1.165, 1.54) is 0 Å². The molecule has 5 heteroatoms. The summed E-state index contributed by atoms with van der Waals surface area (Å²) in [6.07, 6.45) is 0. The number of carboxylic acids is 1. The van der Waals surface area contributed by atoms with Crippen LogP contribution >= 0.6 is 0 Å². The van der Waals surface area contributed by atoms with Crippen molar-refractivity contribution in [2.75, 3.05) is 5.32 Å². The summed E-state index contributed by atoms with van der Waals surface area (Å²) < 4.78 is 0. The smallest absolute Gasteiger partial charge is 0.335 e. The number of rotatable bonds is 4. The van der Waals surface area contributed by atoms with Crippen LogP contribution < -0.4 is 5.32 Å². The molecule has 2 rings (SSSR count). The molecule has 0 bridgehead atoms. The molecule has 0 spiro atoms. The minimum atomic E-state index is -0.947. The normalized spacial score (nSPS) is 10.3. The molecule has 0 fully saturated rings. The number of aryl methyl sites for hydroxylation is 2. The lowest BCUT2D eigenvalue weighted by molar-refractivity contribution is 0.0697. The van der Waals surface area contributed by atoms with Gasteiger partial charge in [-0.1, -0.05) is 0 Å². The Hall–Kier alpha value is -2.56. The van der Waals surface area contributed by atoms with Crippen molar-refractivity contribution in [2.24, 2.45) is 0 Å². The zero-order chi connectivity index (χ0) is 14.7. The summed E-state index contributed by atoms with van der Waals surface area (Å²) in [6, 6.07) is 8.21. The van der Waals surface area contributed by atoms with Gasteiger partial charge in [-0.2, -0.15) is 0 Å². The predicted octanol–water partition coefficient (Wildman–Crippen LogP) is 2.71. The van der Waals surface area contributed by atoms with Crippen LogP contribution in [-0.2, 0) is 6.54 Å². The fourth-order valence-corrected chi connectivity index (χ4v) is 1.91. The first-order valence-electron chi connectivity index (χ1n) is 6.20. The second-order valence-corrected chi connectivity index (χ2v) is 4.61. The van der Waals surface area contributed by atoms with Crippen molar-refractivity contribution in [3.63, 3.8) is 0 Å². The van der Waals surface area contributed by atoms with Crippen LogP contribution in [0.25, 0.3) is 0 Å². The summed E-state index contributed by atoms with van der Waals surface area (Å²) in [5, 5.41) is 21.8. The van der Waals surface area contributed by atoms with Crippen molar-refractivity contribution < 1.29 is 15.0 Å². The van der Waals surface area contributed by atoms with Gasteiger partial charge in [-0.15, -0.1) is 0 Å². The Morgan fingerprint density at radius 3 is 2.65 bits per heavy atom. The van der Waals surface area contributed by atoms with Crippen LogP contribution in [-0.4, -0.2) is 21.2 Å². The second-order valence-electron chi connectivity index (χ2n) is 4.61. The molecule has 0 aliphatic rings. The Balaban J connectivity index is 2.15. The Morgan fingerprint density at radius 1 is 1.25 bits per heavy atom. The van der Waals surface area contributed by atoms with Gasteiger partial charge in [-0.25, -0.2) is 4.79 Å². The number of anilines is 1. The van der Waals surface area contributed by atoms with Crippen LogP contribution in [0.3, 0.4) is 0 Å². The monoisotopic (exact) mass is 272 g/mol. The van der Waals surface area contributed by atoms with Crippen LogP contribution in [0.15, 0.2) is 30.3 Å². The molecule has 0 aliphatic heterocycles. The van der Waals surface area contributed by atoms with E-state index in [0.29, 0.717) is 12.2 Å². The molecule has 0 saturated heterocycles. The number of carbonyl (C=O) groups is 1. The van der Waals surface area contributed by atoms with Crippen LogP contribution in [0.1, 0.15) is 27.3 Å². The molecular weight excluding hydrogens is 256 g/mol. The molecule has 0 atom stereocenters. The van der Waals surface area contributed by atoms with Gasteiger partial charge in [0.2, 0.25) is 0 Å². The molecule has 20 heavy (non-hydrogen) atoms. The fraction of sp³-hybridized carbons (Fsp3) is 0.200. The van der Waals surface area contributed by atoms with Gasteiger partial charge in [0.05, 0.1) is 12.1 Å². The molecule has 3 N–H and O–H groups in total. The number of hydrogen-bond donors (Lipinski definition) is 3. The quantitative estimate of drug-likeness (QED) is 0.797. The molecule has 104 valence electrons. The Labute approximate surface area is 116 Å². The average molecular weight is 272 g/mol. The number of hydrogen-bond acceptors (Lipinski definition) is 4. The van der Waals surface area contributed by atoms with Crippen molar-refractivity contribution in [1.29, 1.82) is 0 Å². The van der Waals surface area contributed by atoms with Crippen LogP contribution in [0.5, 0.6) is 5.75 Å². The van der Waals surface area contributed by atoms with Crippen molar-refractivity contribution in [3.05, 3.63) is 52.8 Å². The van der Waals surface area contributed by atoms with Gasteiger partial charge in [0.1, 0.15) is 11.4 Å². The Morgan fingerprint density at radius 2 is 2.00 bits per heavy atom. The largest absolute Gasteiger partial charge is 0.506 e. The third-order valence-electron chi connectivity index (χ3n) is 3.01. The summed E-state index contributed by atoms with van der Waals surface area (Å²) in [5.41, 5.74) is 3.29. The van der Waals surface area contributed by atoms with Gasteiger partial charge < -0.3 is 15.5 Å². The summed E-state index contributed by atoms with van der Waals surface area (Å²) in [6.45, 7) is 4.06. The van der Waals surface area contributed by atoms with Crippen molar-refractivity contribution in [2.45, 2.75) is 20.4 Å². The number of aromatic nitrogens is 1. The number of carboxylic acid groups (broad SMARTS) is 1. The van der Waals surface area contributed by atoms with E-state index in [1.807, 2.05) is 13.8 Å². The minimum absolute atomic E-state index is 0.142. The third-order valence-corrected chi connectivity index (χ3v) is 3.01. The van der Waals surface area contributed by atoms with Crippen molar-refractivity contribution in [1.82, 2.24) is 4.98 Å². The third kappa shape index (κ3) is 3.06. The van der Waals surface area contributed by atoms with Gasteiger partial charge >= 0.3 is 5.97 Å². The number of nitrogens with one attached hydrogen (secondary N) is 1. The van der Waals surface area contributed by atoms with Gasteiger partial charge in [0, 0.05) is 11.4 Å². The molecule has 5 nitrogen and oxygen atoms in total. The lowest BCUT2D eigenvalue weighted by Crippen LogP contribution is -2.05. The zero-order valence-electron chi connectivity index (χ0n) is 11.3. The summed E-state index contributed by atoms with van der Waals surface area (Å²) >= 11 is 0. The van der Waals surface area contributed by atoms with E-state index in [-0.39, 0.29) is 11.3 Å². The summed E-state index contributed by atoms with van der Waals surface area (Å²) in [7, 11) is 0. The predicted molar refractivity (Wildman–Crippen MR) is 76.1 cm³/mol. The molecular formula is C15H16N2O3. The SMILES string of the molecule is Cc1ccc(O)c(CNc2ccc(C(=O)O)cc2C)n1.